The SMILES string of the molecule is O=C(/C=C/c1ccccc1)Nc1nc2n(n1)C(c1ccc(Cl)cc1)C=C(c1ccc(Cl)cc1)N2. The third-order valence-electron chi connectivity index (χ3n) is 5.29. The van der Waals surface area contributed by atoms with E-state index in [1.807, 2.05) is 78.9 Å². The number of carbonyl (C=O) groups excluding carboxylic acids is 1. The smallest absolute Gasteiger partial charge is 0.250 e. The van der Waals surface area contributed by atoms with Crippen LogP contribution in [-0.2, 0) is 4.79 Å². The molecule has 1 unspecified atom stereocenters. The number of nitrogens with zero attached hydrogens (tertiary/aromatic N) is 3. The largest absolute Gasteiger partial charge is 0.324 e. The van der Waals surface area contributed by atoms with Gasteiger partial charge in [-0.25, -0.2) is 4.68 Å². The molecular weight excluding hydrogens is 469 g/mol. The minimum atomic E-state index is -0.319. The summed E-state index contributed by atoms with van der Waals surface area (Å²) in [5.74, 6) is 0.394. The van der Waals surface area contributed by atoms with Gasteiger partial charge in [-0.3, -0.25) is 10.1 Å². The molecule has 1 aromatic heterocycles. The number of aromatic nitrogens is 3. The Morgan fingerprint density at radius 2 is 1.62 bits per heavy atom. The lowest BCUT2D eigenvalue weighted by atomic mass is 10.0. The van der Waals surface area contributed by atoms with Gasteiger partial charge in [0.1, 0.15) is 6.04 Å². The van der Waals surface area contributed by atoms with Crippen molar-refractivity contribution in [2.75, 3.05) is 10.6 Å². The molecule has 168 valence electrons. The summed E-state index contributed by atoms with van der Waals surface area (Å²) in [6.07, 6.45) is 5.24. The number of amides is 1. The molecule has 0 bridgehead atoms. The summed E-state index contributed by atoms with van der Waals surface area (Å²) in [5, 5.41) is 11.9. The van der Waals surface area contributed by atoms with Crippen molar-refractivity contribution in [3.05, 3.63) is 118 Å². The minimum absolute atomic E-state index is 0.204. The Labute approximate surface area is 206 Å². The molecule has 0 saturated carbocycles. The van der Waals surface area contributed by atoms with E-state index in [0.29, 0.717) is 16.0 Å². The summed E-state index contributed by atoms with van der Waals surface area (Å²) in [6, 6.07) is 24.4. The van der Waals surface area contributed by atoms with Gasteiger partial charge in [0.25, 0.3) is 11.9 Å². The maximum Gasteiger partial charge on any atom is 0.250 e. The molecule has 6 nitrogen and oxygen atoms in total. The van der Waals surface area contributed by atoms with Crippen molar-refractivity contribution >= 4 is 52.8 Å². The van der Waals surface area contributed by atoms with Gasteiger partial charge in [-0.2, -0.15) is 4.98 Å². The van der Waals surface area contributed by atoms with Gasteiger partial charge in [0, 0.05) is 21.8 Å². The number of halogens is 2. The minimum Gasteiger partial charge on any atom is -0.324 e. The van der Waals surface area contributed by atoms with Crippen molar-refractivity contribution in [2.24, 2.45) is 0 Å². The lowest BCUT2D eigenvalue weighted by Gasteiger charge is -2.24. The Morgan fingerprint density at radius 3 is 2.32 bits per heavy atom. The number of allylic oxidation sites excluding steroid dienone is 1. The summed E-state index contributed by atoms with van der Waals surface area (Å²) in [6.45, 7) is 0. The number of nitrogens with one attached hydrogen (secondary N) is 2. The number of hydrogen-bond acceptors (Lipinski definition) is 4. The zero-order valence-corrected chi connectivity index (χ0v) is 19.3. The zero-order chi connectivity index (χ0) is 23.5. The predicted molar refractivity (Wildman–Crippen MR) is 137 cm³/mol. The fourth-order valence-electron chi connectivity index (χ4n) is 3.63. The van der Waals surface area contributed by atoms with Crippen molar-refractivity contribution in [3.63, 3.8) is 0 Å². The summed E-state index contributed by atoms with van der Waals surface area (Å²) in [7, 11) is 0. The first-order valence-corrected chi connectivity index (χ1v) is 11.3. The Bertz CT molecular complexity index is 1380. The molecule has 34 heavy (non-hydrogen) atoms. The van der Waals surface area contributed by atoms with Gasteiger partial charge in [-0.15, -0.1) is 5.10 Å². The van der Waals surface area contributed by atoms with Crippen molar-refractivity contribution in [1.82, 2.24) is 14.8 Å². The molecule has 0 radical (unpaired) electrons. The van der Waals surface area contributed by atoms with Crippen LogP contribution in [0.2, 0.25) is 10.0 Å². The number of fused-ring (bicyclic) bond motifs is 1. The zero-order valence-electron chi connectivity index (χ0n) is 17.8. The lowest BCUT2D eigenvalue weighted by molar-refractivity contribution is -0.111. The van der Waals surface area contributed by atoms with Gasteiger partial charge in [0.2, 0.25) is 5.95 Å². The van der Waals surface area contributed by atoms with Crippen molar-refractivity contribution in [1.29, 1.82) is 0 Å². The second kappa shape index (κ2) is 9.55. The number of carbonyl (C=O) groups is 1. The Kier molecular flexibility index (Phi) is 6.16. The normalized spacial score (nSPS) is 14.9. The number of rotatable bonds is 5. The molecule has 2 N–H and O–H groups in total. The van der Waals surface area contributed by atoms with Crippen LogP contribution in [0.4, 0.5) is 11.9 Å². The van der Waals surface area contributed by atoms with Crippen LogP contribution in [0.25, 0.3) is 11.8 Å². The molecule has 1 atom stereocenters. The molecule has 4 aromatic rings. The Morgan fingerprint density at radius 1 is 0.941 bits per heavy atom. The Hall–Kier alpha value is -3.87. The maximum absolute atomic E-state index is 12.5. The molecule has 0 aliphatic carbocycles. The van der Waals surface area contributed by atoms with Crippen LogP contribution in [-0.4, -0.2) is 20.7 Å². The number of benzene rings is 3. The first-order valence-electron chi connectivity index (χ1n) is 10.6. The second-order valence-corrected chi connectivity index (χ2v) is 8.52. The average molecular weight is 488 g/mol. The summed E-state index contributed by atoms with van der Waals surface area (Å²) in [4.78, 5) is 17.0. The van der Waals surface area contributed by atoms with Gasteiger partial charge in [-0.1, -0.05) is 77.8 Å². The molecule has 5 rings (SSSR count). The van der Waals surface area contributed by atoms with E-state index in [-0.39, 0.29) is 17.9 Å². The van der Waals surface area contributed by atoms with Gasteiger partial charge in [-0.05, 0) is 53.1 Å². The van der Waals surface area contributed by atoms with E-state index in [9.17, 15) is 4.79 Å². The summed E-state index contributed by atoms with van der Waals surface area (Å²) in [5.41, 5.74) is 3.72. The molecule has 1 aliphatic heterocycles. The van der Waals surface area contributed by atoms with E-state index in [2.05, 4.69) is 26.8 Å². The van der Waals surface area contributed by atoms with E-state index in [1.165, 1.54) is 6.08 Å². The number of anilines is 2. The molecule has 3 aromatic carbocycles. The third kappa shape index (κ3) is 4.88. The van der Waals surface area contributed by atoms with Crippen LogP contribution in [0.3, 0.4) is 0 Å². The van der Waals surface area contributed by atoms with Crippen molar-refractivity contribution in [3.8, 4) is 0 Å². The Balaban J connectivity index is 1.44. The van der Waals surface area contributed by atoms with Crippen LogP contribution < -0.4 is 10.6 Å². The third-order valence-corrected chi connectivity index (χ3v) is 5.80. The van der Waals surface area contributed by atoms with E-state index in [1.54, 1.807) is 10.8 Å². The van der Waals surface area contributed by atoms with E-state index >= 15 is 0 Å². The van der Waals surface area contributed by atoms with Gasteiger partial charge in [0.15, 0.2) is 0 Å². The monoisotopic (exact) mass is 487 g/mol. The van der Waals surface area contributed by atoms with Crippen LogP contribution in [0.1, 0.15) is 22.7 Å². The van der Waals surface area contributed by atoms with Gasteiger partial charge < -0.3 is 5.32 Å². The molecule has 0 spiro atoms. The molecule has 2 heterocycles. The quantitative estimate of drug-likeness (QED) is 0.324. The van der Waals surface area contributed by atoms with Crippen molar-refractivity contribution < 1.29 is 4.79 Å². The maximum atomic E-state index is 12.5. The molecule has 0 fully saturated rings. The lowest BCUT2D eigenvalue weighted by Crippen LogP contribution is -2.20. The predicted octanol–water partition coefficient (Wildman–Crippen LogP) is 6.29. The number of hydrogen-bond donors (Lipinski definition) is 2. The highest BCUT2D eigenvalue weighted by molar-refractivity contribution is 6.30. The standard InChI is InChI=1S/C26H19Cl2N5O/c27-20-11-7-18(8-12-20)22-16-23(19-9-13-21(28)14-10-19)33-26(29-22)31-25(32-33)30-24(34)15-6-17-4-2-1-3-5-17/h1-16,23H,(H2,29,30,31,32,34)/b15-6+. The van der Waals surface area contributed by atoms with Crippen LogP contribution in [0, 0.1) is 0 Å². The van der Waals surface area contributed by atoms with Gasteiger partial charge >= 0.3 is 0 Å². The van der Waals surface area contributed by atoms with Crippen LogP contribution >= 0.6 is 23.2 Å². The van der Waals surface area contributed by atoms with E-state index < -0.39 is 0 Å². The fraction of sp³-hybridized carbons (Fsp3) is 0.0385. The van der Waals surface area contributed by atoms with E-state index in [0.717, 1.165) is 22.4 Å². The highest BCUT2D eigenvalue weighted by Crippen LogP contribution is 2.34. The molecular formula is C26H19Cl2N5O. The highest BCUT2D eigenvalue weighted by atomic mass is 35.5. The summed E-state index contributed by atoms with van der Waals surface area (Å²) < 4.78 is 1.74. The van der Waals surface area contributed by atoms with Crippen LogP contribution in [0.5, 0.6) is 0 Å². The van der Waals surface area contributed by atoms with Gasteiger partial charge in [0.05, 0.1) is 0 Å². The topological polar surface area (TPSA) is 71.8 Å². The molecule has 1 amide bonds. The average Bonchev–Trinajstić information content (AvgIpc) is 3.26. The first kappa shape index (κ1) is 21.9. The summed E-state index contributed by atoms with van der Waals surface area (Å²) >= 11 is 12.2. The molecule has 1 aliphatic rings. The second-order valence-electron chi connectivity index (χ2n) is 7.65. The fourth-order valence-corrected chi connectivity index (χ4v) is 3.88. The molecule has 8 heteroatoms. The van der Waals surface area contributed by atoms with Crippen LogP contribution in [0.15, 0.2) is 91.0 Å². The van der Waals surface area contributed by atoms with E-state index in [4.69, 9.17) is 23.2 Å². The molecule has 0 saturated heterocycles. The highest BCUT2D eigenvalue weighted by Gasteiger charge is 2.25. The van der Waals surface area contributed by atoms with Crippen molar-refractivity contribution in [2.45, 2.75) is 6.04 Å². The first-order chi connectivity index (χ1) is 16.5.